The highest BCUT2D eigenvalue weighted by atomic mass is 35.5. The van der Waals surface area contributed by atoms with E-state index in [1.165, 1.54) is 0 Å². The molecule has 1 atom stereocenters. The highest BCUT2D eigenvalue weighted by Crippen LogP contribution is 2.27. The van der Waals surface area contributed by atoms with Gasteiger partial charge >= 0.3 is 5.97 Å². The number of anilines is 1. The number of para-hydroxylation sites is 1. The second-order valence-electron chi connectivity index (χ2n) is 6.52. The van der Waals surface area contributed by atoms with Crippen LogP contribution in [-0.4, -0.2) is 49.1 Å². The minimum absolute atomic E-state index is 0.119. The fourth-order valence-corrected chi connectivity index (χ4v) is 3.80. The quantitative estimate of drug-likeness (QED) is 0.763. The average Bonchev–Trinajstić information content (AvgIpc) is 2.68. The third-order valence-corrected chi connectivity index (χ3v) is 5.27. The molecule has 0 aliphatic carbocycles. The Labute approximate surface area is 157 Å². The smallest absolute Gasteiger partial charge is 0.339 e. The van der Waals surface area contributed by atoms with Gasteiger partial charge in [0, 0.05) is 32.6 Å². The number of rotatable bonds is 2. The number of benzene rings is 2. The lowest BCUT2D eigenvalue weighted by Gasteiger charge is -2.38. The van der Waals surface area contributed by atoms with Crippen molar-refractivity contribution in [3.8, 4) is 0 Å². The van der Waals surface area contributed by atoms with Crippen molar-refractivity contribution in [2.24, 2.45) is 0 Å². The van der Waals surface area contributed by atoms with Crippen LogP contribution in [0, 0.1) is 0 Å². The summed E-state index contributed by atoms with van der Waals surface area (Å²) in [7, 11) is 0. The van der Waals surface area contributed by atoms with Crippen LogP contribution in [0.3, 0.4) is 0 Å². The first-order chi connectivity index (χ1) is 12.6. The molecule has 1 fully saturated rings. The molecule has 0 spiro atoms. The Morgan fingerprint density at radius 3 is 2.46 bits per heavy atom. The fraction of sp³-hybridized carbons (Fsp3) is 0.300. The largest absolute Gasteiger partial charge is 0.448 e. The second-order valence-corrected chi connectivity index (χ2v) is 6.93. The van der Waals surface area contributed by atoms with Crippen molar-refractivity contribution < 1.29 is 14.3 Å². The molecular formula is C20H19ClN2O3. The lowest BCUT2D eigenvalue weighted by atomic mass is 9.98. The average molecular weight is 371 g/mol. The van der Waals surface area contributed by atoms with E-state index in [1.54, 1.807) is 17.0 Å². The van der Waals surface area contributed by atoms with E-state index in [9.17, 15) is 9.59 Å². The van der Waals surface area contributed by atoms with Crippen molar-refractivity contribution in [3.05, 3.63) is 64.7 Å². The zero-order valence-electron chi connectivity index (χ0n) is 14.2. The lowest BCUT2D eigenvalue weighted by Crippen LogP contribution is -2.53. The van der Waals surface area contributed by atoms with Crippen LogP contribution in [0.25, 0.3) is 0 Å². The van der Waals surface area contributed by atoms with E-state index in [-0.39, 0.29) is 5.91 Å². The summed E-state index contributed by atoms with van der Waals surface area (Å²) in [5.74, 6) is -0.536. The Balaban J connectivity index is 1.42. The van der Waals surface area contributed by atoms with Crippen LogP contribution in [-0.2, 0) is 16.0 Å². The molecule has 134 valence electrons. The first-order valence-corrected chi connectivity index (χ1v) is 9.08. The zero-order valence-corrected chi connectivity index (χ0v) is 15.0. The number of amides is 1. The molecule has 2 aliphatic heterocycles. The summed E-state index contributed by atoms with van der Waals surface area (Å²) in [4.78, 5) is 28.9. The van der Waals surface area contributed by atoms with E-state index in [0.29, 0.717) is 43.2 Å². The molecule has 0 bridgehead atoms. The van der Waals surface area contributed by atoms with Gasteiger partial charge in [0.2, 0.25) is 0 Å². The number of fused-ring (bicyclic) bond motifs is 1. The third kappa shape index (κ3) is 3.15. The van der Waals surface area contributed by atoms with Crippen LogP contribution >= 0.6 is 11.6 Å². The summed E-state index contributed by atoms with van der Waals surface area (Å²) in [6, 6.07) is 15.0. The number of hydrogen-bond donors (Lipinski definition) is 0. The highest BCUT2D eigenvalue weighted by Gasteiger charge is 2.35. The number of piperazine rings is 1. The van der Waals surface area contributed by atoms with Crippen molar-refractivity contribution in [2.45, 2.75) is 12.5 Å². The van der Waals surface area contributed by atoms with E-state index in [2.05, 4.69) is 4.90 Å². The lowest BCUT2D eigenvalue weighted by molar-refractivity contribution is -0.141. The maximum atomic E-state index is 12.8. The normalized spacial score (nSPS) is 19.7. The minimum atomic E-state index is -0.732. The van der Waals surface area contributed by atoms with Gasteiger partial charge in [0.25, 0.3) is 5.91 Å². The molecule has 2 aromatic carbocycles. The maximum absolute atomic E-state index is 12.8. The van der Waals surface area contributed by atoms with Gasteiger partial charge in [-0.2, -0.15) is 0 Å². The van der Waals surface area contributed by atoms with Gasteiger partial charge in [-0.1, -0.05) is 41.9 Å². The molecule has 2 heterocycles. The van der Waals surface area contributed by atoms with Crippen LogP contribution in [0.4, 0.5) is 5.69 Å². The van der Waals surface area contributed by atoms with Crippen LogP contribution in [0.5, 0.6) is 0 Å². The van der Waals surface area contributed by atoms with Crippen LogP contribution in [0.15, 0.2) is 48.5 Å². The molecule has 0 saturated carbocycles. The first-order valence-electron chi connectivity index (χ1n) is 8.70. The van der Waals surface area contributed by atoms with Gasteiger partial charge < -0.3 is 14.5 Å². The van der Waals surface area contributed by atoms with Crippen LogP contribution < -0.4 is 4.90 Å². The van der Waals surface area contributed by atoms with Gasteiger partial charge in [-0.15, -0.1) is 0 Å². The predicted octanol–water partition coefficient (Wildman–Crippen LogP) is 2.77. The number of nitrogens with zero attached hydrogens (tertiary/aromatic N) is 2. The van der Waals surface area contributed by atoms with Gasteiger partial charge in [-0.3, -0.25) is 4.79 Å². The standard InChI is InChI=1S/C20H19ClN2O3/c21-16-7-3-4-8-17(16)22-9-11-23(12-10-22)19(24)18-13-14-5-1-2-6-15(14)20(25)26-18/h1-8,18H,9-13H2. The van der Waals surface area contributed by atoms with Crippen molar-refractivity contribution >= 4 is 29.2 Å². The van der Waals surface area contributed by atoms with E-state index in [4.69, 9.17) is 16.3 Å². The van der Waals surface area contributed by atoms with Crippen molar-refractivity contribution in [3.63, 3.8) is 0 Å². The summed E-state index contributed by atoms with van der Waals surface area (Å²) < 4.78 is 5.39. The highest BCUT2D eigenvalue weighted by molar-refractivity contribution is 6.33. The Hall–Kier alpha value is -2.53. The molecule has 5 nitrogen and oxygen atoms in total. The Bertz CT molecular complexity index is 846. The molecule has 6 heteroatoms. The number of carbonyl (C=O) groups excluding carboxylic acids is 2. The molecular weight excluding hydrogens is 352 g/mol. The molecule has 2 aliphatic rings. The number of halogens is 1. The summed E-state index contributed by atoms with van der Waals surface area (Å²) in [5, 5.41) is 0.713. The molecule has 2 aromatic rings. The topological polar surface area (TPSA) is 49.9 Å². The van der Waals surface area contributed by atoms with Crippen molar-refractivity contribution in [1.29, 1.82) is 0 Å². The molecule has 4 rings (SSSR count). The SMILES string of the molecule is O=C1OC(C(=O)N2CCN(c3ccccc3Cl)CC2)Cc2ccccc21. The number of carbonyl (C=O) groups is 2. The van der Waals surface area contributed by atoms with Crippen molar-refractivity contribution in [1.82, 2.24) is 4.90 Å². The van der Waals surface area contributed by atoms with Gasteiger partial charge in [-0.05, 0) is 23.8 Å². The van der Waals surface area contributed by atoms with Crippen molar-refractivity contribution in [2.75, 3.05) is 31.1 Å². The third-order valence-electron chi connectivity index (χ3n) is 4.95. The van der Waals surface area contributed by atoms with Crippen LogP contribution in [0.2, 0.25) is 5.02 Å². The molecule has 1 saturated heterocycles. The molecule has 26 heavy (non-hydrogen) atoms. The fourth-order valence-electron chi connectivity index (χ4n) is 3.55. The van der Waals surface area contributed by atoms with E-state index >= 15 is 0 Å². The Morgan fingerprint density at radius 1 is 1.00 bits per heavy atom. The van der Waals surface area contributed by atoms with E-state index < -0.39 is 12.1 Å². The van der Waals surface area contributed by atoms with Gasteiger partial charge in [-0.25, -0.2) is 4.79 Å². The summed E-state index contributed by atoms with van der Waals surface area (Å²) in [6.07, 6.45) is -0.296. The number of hydrogen-bond acceptors (Lipinski definition) is 4. The monoisotopic (exact) mass is 370 g/mol. The number of esters is 1. The van der Waals surface area contributed by atoms with Crippen LogP contribution in [0.1, 0.15) is 15.9 Å². The summed E-state index contributed by atoms with van der Waals surface area (Å²) >= 11 is 6.26. The molecule has 1 amide bonds. The first kappa shape index (κ1) is 16.9. The van der Waals surface area contributed by atoms with E-state index in [1.807, 2.05) is 36.4 Å². The second kappa shape index (κ2) is 7.00. The van der Waals surface area contributed by atoms with Gasteiger partial charge in [0.15, 0.2) is 6.10 Å². The predicted molar refractivity (Wildman–Crippen MR) is 99.6 cm³/mol. The zero-order chi connectivity index (χ0) is 18.1. The van der Waals surface area contributed by atoms with Gasteiger partial charge in [0.1, 0.15) is 0 Å². The molecule has 0 aromatic heterocycles. The van der Waals surface area contributed by atoms with E-state index in [0.717, 1.165) is 11.3 Å². The maximum Gasteiger partial charge on any atom is 0.339 e. The number of ether oxygens (including phenoxy) is 1. The Morgan fingerprint density at radius 2 is 1.69 bits per heavy atom. The molecule has 0 radical (unpaired) electrons. The minimum Gasteiger partial charge on any atom is -0.448 e. The Kier molecular flexibility index (Phi) is 4.55. The summed E-state index contributed by atoms with van der Waals surface area (Å²) in [5.41, 5.74) is 2.41. The summed E-state index contributed by atoms with van der Waals surface area (Å²) in [6.45, 7) is 2.57. The van der Waals surface area contributed by atoms with Gasteiger partial charge in [0.05, 0.1) is 16.3 Å². The molecule has 0 N–H and O–H groups in total. The number of cyclic esters (lactones) is 1. The molecule has 1 unspecified atom stereocenters.